The third-order valence-electron chi connectivity index (χ3n) is 3.26. The number of rotatable bonds is 2. The standard InChI is InChI=1S/C13H17FN2O/c1-8-5-6-15-12(8)13(17)16-11-4-3-10(14)7-9(11)2/h3-4,7-8,12,15H,5-6H2,1-2H3,(H,16,17). The van der Waals surface area contributed by atoms with Crippen molar-refractivity contribution in [1.29, 1.82) is 0 Å². The van der Waals surface area contributed by atoms with Crippen molar-refractivity contribution < 1.29 is 9.18 Å². The van der Waals surface area contributed by atoms with Crippen molar-refractivity contribution in [2.75, 3.05) is 11.9 Å². The molecule has 0 spiro atoms. The van der Waals surface area contributed by atoms with Gasteiger partial charge in [0.1, 0.15) is 5.82 Å². The minimum Gasteiger partial charge on any atom is -0.324 e. The van der Waals surface area contributed by atoms with E-state index in [0.717, 1.165) is 18.5 Å². The number of halogens is 1. The van der Waals surface area contributed by atoms with Crippen molar-refractivity contribution in [2.24, 2.45) is 5.92 Å². The zero-order valence-corrected chi connectivity index (χ0v) is 10.1. The summed E-state index contributed by atoms with van der Waals surface area (Å²) in [6.45, 7) is 4.72. The lowest BCUT2D eigenvalue weighted by Gasteiger charge is -2.16. The van der Waals surface area contributed by atoms with Crippen LogP contribution in [0.2, 0.25) is 0 Å². The summed E-state index contributed by atoms with van der Waals surface area (Å²) in [5.41, 5.74) is 1.42. The molecule has 1 aromatic carbocycles. The lowest BCUT2D eigenvalue weighted by atomic mass is 10.0. The number of amides is 1. The maximum atomic E-state index is 12.9. The van der Waals surface area contributed by atoms with E-state index in [4.69, 9.17) is 0 Å². The van der Waals surface area contributed by atoms with Crippen molar-refractivity contribution >= 4 is 11.6 Å². The Morgan fingerprint density at radius 3 is 2.88 bits per heavy atom. The summed E-state index contributed by atoms with van der Waals surface area (Å²) in [6, 6.07) is 4.23. The van der Waals surface area contributed by atoms with Crippen molar-refractivity contribution in [1.82, 2.24) is 5.32 Å². The molecule has 1 amide bonds. The van der Waals surface area contributed by atoms with E-state index < -0.39 is 0 Å². The van der Waals surface area contributed by atoms with Gasteiger partial charge in [0.25, 0.3) is 0 Å². The number of benzene rings is 1. The second kappa shape index (κ2) is 4.84. The van der Waals surface area contributed by atoms with Crippen LogP contribution in [0.1, 0.15) is 18.9 Å². The number of carbonyl (C=O) groups is 1. The predicted octanol–water partition coefficient (Wildman–Crippen LogP) is 2.07. The summed E-state index contributed by atoms with van der Waals surface area (Å²) in [5, 5.41) is 6.01. The number of nitrogens with one attached hydrogen (secondary N) is 2. The predicted molar refractivity (Wildman–Crippen MR) is 65.3 cm³/mol. The average Bonchev–Trinajstić information content (AvgIpc) is 2.68. The van der Waals surface area contributed by atoms with Crippen molar-refractivity contribution in [3.8, 4) is 0 Å². The Balaban J connectivity index is 2.07. The Bertz CT molecular complexity index is 433. The van der Waals surface area contributed by atoms with Gasteiger partial charge in [-0.25, -0.2) is 4.39 Å². The summed E-state index contributed by atoms with van der Waals surface area (Å²) >= 11 is 0. The lowest BCUT2D eigenvalue weighted by Crippen LogP contribution is -2.39. The number of carbonyl (C=O) groups excluding carboxylic acids is 1. The van der Waals surface area contributed by atoms with E-state index in [1.54, 1.807) is 13.0 Å². The van der Waals surface area contributed by atoms with Crippen LogP contribution in [0.4, 0.5) is 10.1 Å². The van der Waals surface area contributed by atoms with Crippen molar-refractivity contribution in [2.45, 2.75) is 26.3 Å². The summed E-state index contributed by atoms with van der Waals surface area (Å²) in [7, 11) is 0. The van der Waals surface area contributed by atoms with Crippen LogP contribution in [0.25, 0.3) is 0 Å². The second-order valence-electron chi connectivity index (χ2n) is 4.65. The molecule has 4 heteroatoms. The smallest absolute Gasteiger partial charge is 0.241 e. The first kappa shape index (κ1) is 12.0. The quantitative estimate of drug-likeness (QED) is 0.825. The van der Waals surface area contributed by atoms with Crippen LogP contribution in [0.15, 0.2) is 18.2 Å². The van der Waals surface area contributed by atoms with E-state index in [1.807, 2.05) is 0 Å². The van der Waals surface area contributed by atoms with Crippen LogP contribution in [-0.2, 0) is 4.79 Å². The van der Waals surface area contributed by atoms with Crippen molar-refractivity contribution in [3.63, 3.8) is 0 Å². The molecular formula is C13H17FN2O. The van der Waals surface area contributed by atoms with Crippen LogP contribution in [-0.4, -0.2) is 18.5 Å². The molecule has 0 aromatic heterocycles. The number of aryl methyl sites for hydroxylation is 1. The minimum absolute atomic E-state index is 0.0373. The highest BCUT2D eigenvalue weighted by Crippen LogP contribution is 2.19. The van der Waals surface area contributed by atoms with Gasteiger partial charge in [-0.1, -0.05) is 6.92 Å². The van der Waals surface area contributed by atoms with Gasteiger partial charge < -0.3 is 10.6 Å². The van der Waals surface area contributed by atoms with E-state index in [-0.39, 0.29) is 17.8 Å². The minimum atomic E-state index is -0.284. The molecule has 1 aliphatic heterocycles. The molecule has 17 heavy (non-hydrogen) atoms. The summed E-state index contributed by atoms with van der Waals surface area (Å²) in [4.78, 5) is 12.0. The molecule has 0 saturated carbocycles. The van der Waals surface area contributed by atoms with Crippen LogP contribution >= 0.6 is 0 Å². The molecule has 1 aromatic rings. The molecular weight excluding hydrogens is 219 g/mol. The summed E-state index contributed by atoms with van der Waals surface area (Å²) in [5.74, 6) is 0.0216. The largest absolute Gasteiger partial charge is 0.324 e. The molecule has 1 aliphatic rings. The molecule has 92 valence electrons. The number of anilines is 1. The second-order valence-corrected chi connectivity index (χ2v) is 4.65. The van der Waals surface area contributed by atoms with Gasteiger partial charge >= 0.3 is 0 Å². The van der Waals surface area contributed by atoms with Crippen LogP contribution in [0.3, 0.4) is 0 Å². The first-order valence-corrected chi connectivity index (χ1v) is 5.88. The van der Waals surface area contributed by atoms with Gasteiger partial charge in [-0.3, -0.25) is 4.79 Å². The molecule has 2 rings (SSSR count). The highest BCUT2D eigenvalue weighted by molar-refractivity contribution is 5.95. The zero-order valence-electron chi connectivity index (χ0n) is 10.1. The van der Waals surface area contributed by atoms with Crippen LogP contribution in [0.5, 0.6) is 0 Å². The van der Waals surface area contributed by atoms with Gasteiger partial charge in [0.2, 0.25) is 5.91 Å². The zero-order chi connectivity index (χ0) is 12.4. The molecule has 3 nitrogen and oxygen atoms in total. The monoisotopic (exact) mass is 236 g/mol. The third-order valence-corrected chi connectivity index (χ3v) is 3.26. The van der Waals surface area contributed by atoms with Crippen molar-refractivity contribution in [3.05, 3.63) is 29.6 Å². The fourth-order valence-electron chi connectivity index (χ4n) is 2.16. The van der Waals surface area contributed by atoms with Gasteiger partial charge in [-0.2, -0.15) is 0 Å². The van der Waals surface area contributed by atoms with E-state index in [9.17, 15) is 9.18 Å². The Morgan fingerprint density at radius 1 is 1.53 bits per heavy atom. The van der Waals surface area contributed by atoms with Gasteiger partial charge in [-0.15, -0.1) is 0 Å². The molecule has 1 saturated heterocycles. The normalized spacial score (nSPS) is 23.7. The summed E-state index contributed by atoms with van der Waals surface area (Å²) < 4.78 is 12.9. The highest BCUT2D eigenvalue weighted by Gasteiger charge is 2.29. The van der Waals surface area contributed by atoms with Gasteiger partial charge in [0.15, 0.2) is 0 Å². The lowest BCUT2D eigenvalue weighted by molar-refractivity contribution is -0.118. The molecule has 0 aliphatic carbocycles. The number of hydrogen-bond donors (Lipinski definition) is 2. The Labute approximate surface area is 100 Å². The van der Waals surface area contributed by atoms with Gasteiger partial charge in [0, 0.05) is 5.69 Å². The first-order chi connectivity index (χ1) is 8.08. The van der Waals surface area contributed by atoms with Crippen LogP contribution < -0.4 is 10.6 Å². The molecule has 2 atom stereocenters. The van der Waals surface area contributed by atoms with Gasteiger partial charge in [0.05, 0.1) is 6.04 Å². The van der Waals surface area contributed by atoms with Crippen LogP contribution in [0, 0.1) is 18.7 Å². The average molecular weight is 236 g/mol. The van der Waals surface area contributed by atoms with Gasteiger partial charge in [-0.05, 0) is 49.6 Å². The first-order valence-electron chi connectivity index (χ1n) is 5.88. The molecule has 2 N–H and O–H groups in total. The Morgan fingerprint density at radius 2 is 2.29 bits per heavy atom. The molecule has 0 bridgehead atoms. The molecule has 1 fully saturated rings. The topological polar surface area (TPSA) is 41.1 Å². The van der Waals surface area contributed by atoms with E-state index in [1.165, 1.54) is 12.1 Å². The molecule has 0 radical (unpaired) electrons. The molecule has 1 heterocycles. The fraction of sp³-hybridized carbons (Fsp3) is 0.462. The fourth-order valence-corrected chi connectivity index (χ4v) is 2.16. The SMILES string of the molecule is Cc1cc(F)ccc1NC(=O)C1NCCC1C. The van der Waals surface area contributed by atoms with E-state index in [0.29, 0.717) is 11.6 Å². The maximum absolute atomic E-state index is 12.9. The van der Waals surface area contributed by atoms with E-state index >= 15 is 0 Å². The third kappa shape index (κ3) is 2.64. The molecule has 2 unspecified atom stereocenters. The highest BCUT2D eigenvalue weighted by atomic mass is 19.1. The Hall–Kier alpha value is -1.42. The summed E-state index contributed by atoms with van der Waals surface area (Å²) in [6.07, 6.45) is 1.01. The van der Waals surface area contributed by atoms with E-state index in [2.05, 4.69) is 17.6 Å². The number of hydrogen-bond acceptors (Lipinski definition) is 2. The Kier molecular flexibility index (Phi) is 3.43. The maximum Gasteiger partial charge on any atom is 0.241 e.